The van der Waals surface area contributed by atoms with Crippen molar-refractivity contribution in [2.75, 3.05) is 26.4 Å². The van der Waals surface area contributed by atoms with E-state index < -0.39 is 23.3 Å². The van der Waals surface area contributed by atoms with Crippen LogP contribution >= 0.6 is 31.9 Å². The molecule has 0 aromatic heterocycles. The van der Waals surface area contributed by atoms with E-state index >= 15 is 0 Å². The fourth-order valence-corrected chi connectivity index (χ4v) is 7.90. The summed E-state index contributed by atoms with van der Waals surface area (Å²) in [5, 5.41) is 0. The highest BCUT2D eigenvalue weighted by Gasteiger charge is 2.28. The van der Waals surface area contributed by atoms with Crippen molar-refractivity contribution < 1.29 is 46.0 Å². The summed E-state index contributed by atoms with van der Waals surface area (Å²) in [6, 6.07) is 13.1. The molecule has 0 N–H and O–H groups in total. The summed E-state index contributed by atoms with van der Waals surface area (Å²) in [5.41, 5.74) is 1.86. The van der Waals surface area contributed by atoms with E-state index in [-0.39, 0.29) is 53.3 Å². The molecule has 1 aliphatic heterocycles. The van der Waals surface area contributed by atoms with Gasteiger partial charge in [-0.1, -0.05) is 41.6 Å². The van der Waals surface area contributed by atoms with Gasteiger partial charge in [-0.05, 0) is 121 Å². The van der Waals surface area contributed by atoms with E-state index in [1.165, 1.54) is 31.7 Å². The second-order valence-corrected chi connectivity index (χ2v) is 15.3. The Hall–Kier alpha value is -3.64. The van der Waals surface area contributed by atoms with Crippen LogP contribution in [-0.2, 0) is 13.2 Å². The Morgan fingerprint density at radius 2 is 1.07 bits per heavy atom. The van der Waals surface area contributed by atoms with E-state index in [1.807, 2.05) is 0 Å². The SMILES string of the molecule is CCOc1ccc(Br)c(OCc2c(Br)ccc(OCC3CCCC3)c2F)c1F.CCOc1ccc2c(c1F)OCc1c-2ccc(OCC2CCCC2)c1F. The van der Waals surface area contributed by atoms with Crippen LogP contribution in [0.15, 0.2) is 57.5 Å². The molecule has 2 fully saturated rings. The number of ether oxygens (including phenoxy) is 6. The van der Waals surface area contributed by atoms with Gasteiger partial charge in [0.05, 0.1) is 30.9 Å². The zero-order valence-electron chi connectivity index (χ0n) is 30.4. The fraction of sp³-hybridized carbons (Fsp3) is 0.429. The minimum Gasteiger partial charge on any atom is -0.491 e. The van der Waals surface area contributed by atoms with Gasteiger partial charge in [0.2, 0.25) is 11.6 Å². The third-order valence-electron chi connectivity index (χ3n) is 9.94. The molecule has 2 aliphatic carbocycles. The van der Waals surface area contributed by atoms with Gasteiger partial charge in [-0.15, -0.1) is 0 Å². The van der Waals surface area contributed by atoms with Gasteiger partial charge in [0.15, 0.2) is 46.1 Å². The van der Waals surface area contributed by atoms with Crippen LogP contribution in [0, 0.1) is 35.1 Å². The number of benzene rings is 4. The summed E-state index contributed by atoms with van der Waals surface area (Å²) < 4.78 is 93.0. The second-order valence-electron chi connectivity index (χ2n) is 13.6. The van der Waals surface area contributed by atoms with Crippen LogP contribution in [0.1, 0.15) is 76.3 Å². The van der Waals surface area contributed by atoms with Crippen LogP contribution in [0.2, 0.25) is 0 Å². The topological polar surface area (TPSA) is 55.4 Å². The molecule has 0 radical (unpaired) electrons. The van der Waals surface area contributed by atoms with Crippen molar-refractivity contribution in [1.82, 2.24) is 0 Å². The summed E-state index contributed by atoms with van der Waals surface area (Å²) >= 11 is 6.61. The van der Waals surface area contributed by atoms with Crippen molar-refractivity contribution in [2.24, 2.45) is 11.8 Å². The first kappa shape index (κ1) is 40.0. The molecule has 1 heterocycles. The van der Waals surface area contributed by atoms with Crippen molar-refractivity contribution in [3.63, 3.8) is 0 Å². The summed E-state index contributed by atoms with van der Waals surface area (Å²) in [7, 11) is 0. The number of hydrogen-bond acceptors (Lipinski definition) is 6. The van der Waals surface area contributed by atoms with Crippen LogP contribution < -0.4 is 28.4 Å². The Morgan fingerprint density at radius 1 is 0.574 bits per heavy atom. The van der Waals surface area contributed by atoms with Crippen molar-refractivity contribution in [3.8, 4) is 45.6 Å². The van der Waals surface area contributed by atoms with Crippen molar-refractivity contribution >= 4 is 31.9 Å². The summed E-state index contributed by atoms with van der Waals surface area (Å²) in [4.78, 5) is 0. The van der Waals surface area contributed by atoms with Gasteiger partial charge in [-0.2, -0.15) is 8.78 Å². The molecule has 0 spiro atoms. The molecular weight excluding hydrogens is 836 g/mol. The maximum absolute atomic E-state index is 14.9. The Kier molecular flexibility index (Phi) is 13.9. The zero-order chi connectivity index (χ0) is 38.2. The molecule has 0 bridgehead atoms. The molecule has 4 aromatic carbocycles. The van der Waals surface area contributed by atoms with Crippen LogP contribution in [0.5, 0.6) is 34.5 Å². The van der Waals surface area contributed by atoms with Gasteiger partial charge in [0.25, 0.3) is 0 Å². The van der Waals surface area contributed by atoms with E-state index in [0.717, 1.165) is 25.7 Å². The average molecular weight is 881 g/mol. The van der Waals surface area contributed by atoms with E-state index in [4.69, 9.17) is 28.4 Å². The van der Waals surface area contributed by atoms with Crippen LogP contribution in [-0.4, -0.2) is 26.4 Å². The molecule has 3 aliphatic rings. The second kappa shape index (κ2) is 18.8. The molecule has 0 unspecified atom stereocenters. The van der Waals surface area contributed by atoms with Gasteiger partial charge < -0.3 is 28.4 Å². The number of hydrogen-bond donors (Lipinski definition) is 0. The monoisotopic (exact) mass is 878 g/mol. The van der Waals surface area contributed by atoms with Crippen LogP contribution in [0.25, 0.3) is 11.1 Å². The van der Waals surface area contributed by atoms with Gasteiger partial charge in [-0.3, -0.25) is 0 Å². The normalized spacial score (nSPS) is 15.1. The lowest BCUT2D eigenvalue weighted by Crippen LogP contribution is -2.13. The van der Waals surface area contributed by atoms with E-state index in [9.17, 15) is 17.6 Å². The van der Waals surface area contributed by atoms with E-state index in [0.29, 0.717) is 63.9 Å². The third-order valence-corrected chi connectivity index (χ3v) is 11.3. The number of fused-ring (bicyclic) bond motifs is 3. The Bertz CT molecular complexity index is 1910. The lowest BCUT2D eigenvalue weighted by molar-refractivity contribution is 0.236. The zero-order valence-corrected chi connectivity index (χ0v) is 33.6. The minimum atomic E-state index is -0.624. The minimum absolute atomic E-state index is 0.0190. The maximum Gasteiger partial charge on any atom is 0.208 e. The smallest absolute Gasteiger partial charge is 0.208 e. The lowest BCUT2D eigenvalue weighted by Gasteiger charge is -2.23. The molecular formula is C42H44Br2F4O6. The standard InChI is InChI=1S/C21H22Br2F2O3.C21H22F2O3/c1-2-26-18-10-8-16(23)21(20(18)25)28-12-14-15(22)7-9-17(19(14)24)27-11-13-5-3-4-6-13;1-2-24-18-10-8-15-14-7-9-17(25-11-13-5-3-4-6-13)19(22)16(14)12-26-21(15)20(18)23/h7-10,13H,2-6,11-12H2,1H3;7-10,13H,2-6,11-12H2,1H3. The molecule has 4 aromatic rings. The van der Waals surface area contributed by atoms with Crippen LogP contribution in [0.3, 0.4) is 0 Å². The van der Waals surface area contributed by atoms with Crippen LogP contribution in [0.4, 0.5) is 17.6 Å². The number of halogens is 6. The predicted molar refractivity (Wildman–Crippen MR) is 206 cm³/mol. The van der Waals surface area contributed by atoms with E-state index in [1.54, 1.807) is 56.3 Å². The predicted octanol–water partition coefficient (Wildman–Crippen LogP) is 12.5. The van der Waals surface area contributed by atoms with Gasteiger partial charge in [0.1, 0.15) is 13.2 Å². The Balaban J connectivity index is 0.000000185. The Morgan fingerprint density at radius 3 is 1.67 bits per heavy atom. The largest absolute Gasteiger partial charge is 0.491 e. The first-order valence-corrected chi connectivity index (χ1v) is 20.1. The molecule has 0 atom stereocenters. The Labute approximate surface area is 330 Å². The van der Waals surface area contributed by atoms with Crippen molar-refractivity contribution in [2.45, 2.75) is 78.4 Å². The summed E-state index contributed by atoms with van der Waals surface area (Å²) in [5.74, 6) is -0.325. The van der Waals surface area contributed by atoms with Crippen molar-refractivity contribution in [1.29, 1.82) is 0 Å². The van der Waals surface area contributed by atoms with E-state index in [2.05, 4.69) is 31.9 Å². The van der Waals surface area contributed by atoms with Gasteiger partial charge >= 0.3 is 0 Å². The highest BCUT2D eigenvalue weighted by molar-refractivity contribution is 9.10. The summed E-state index contributed by atoms with van der Waals surface area (Å²) in [6.45, 7) is 5.12. The third kappa shape index (κ3) is 9.24. The van der Waals surface area contributed by atoms with Crippen molar-refractivity contribution in [3.05, 3.63) is 91.9 Å². The van der Waals surface area contributed by atoms with Gasteiger partial charge in [-0.25, -0.2) is 8.78 Å². The molecule has 0 saturated heterocycles. The maximum atomic E-state index is 14.9. The highest BCUT2D eigenvalue weighted by Crippen LogP contribution is 2.45. The average Bonchev–Trinajstić information content (AvgIpc) is 3.90. The molecule has 6 nitrogen and oxygen atoms in total. The lowest BCUT2D eigenvalue weighted by atomic mass is 9.96. The van der Waals surface area contributed by atoms with Gasteiger partial charge in [0, 0.05) is 21.2 Å². The molecule has 2 saturated carbocycles. The number of rotatable bonds is 13. The first-order chi connectivity index (χ1) is 26.2. The fourth-order valence-electron chi connectivity index (χ4n) is 7.05. The molecule has 12 heteroatoms. The molecule has 290 valence electrons. The molecule has 7 rings (SSSR count). The quantitative estimate of drug-likeness (QED) is 0.125. The molecule has 0 amide bonds. The first-order valence-electron chi connectivity index (χ1n) is 18.6. The molecule has 54 heavy (non-hydrogen) atoms. The summed E-state index contributed by atoms with van der Waals surface area (Å²) in [6.07, 6.45) is 9.39. The highest BCUT2D eigenvalue weighted by atomic mass is 79.9.